The van der Waals surface area contributed by atoms with Crippen LogP contribution in [0.15, 0.2) is 18.2 Å². The van der Waals surface area contributed by atoms with E-state index in [9.17, 15) is 22.0 Å². The van der Waals surface area contributed by atoms with E-state index in [-0.39, 0.29) is 0 Å². The molecule has 0 amide bonds. The minimum Gasteiger partial charge on any atom is -0.213 e. The lowest BCUT2D eigenvalue weighted by Crippen LogP contribution is -2.09. The van der Waals surface area contributed by atoms with Crippen molar-refractivity contribution in [2.45, 2.75) is 6.18 Å². The molecule has 0 radical (unpaired) electrons. The number of benzene rings is 1. The van der Waals surface area contributed by atoms with Crippen molar-refractivity contribution in [2.24, 2.45) is 0 Å². The summed E-state index contributed by atoms with van der Waals surface area (Å²) >= 11 is 10.8. The molecule has 0 aliphatic carbocycles. The predicted octanol–water partition coefficient (Wildman–Crippen LogP) is 4.75. The van der Waals surface area contributed by atoms with Gasteiger partial charge in [-0.05, 0) is 18.2 Å². The molecular formula is C11H3Cl2F5N2. The first-order chi connectivity index (χ1) is 9.20. The maximum atomic E-state index is 13.2. The van der Waals surface area contributed by atoms with E-state index in [0.29, 0.717) is 18.2 Å². The quantitative estimate of drug-likeness (QED) is 0.557. The van der Waals surface area contributed by atoms with E-state index in [2.05, 4.69) is 9.97 Å². The summed E-state index contributed by atoms with van der Waals surface area (Å²) in [6, 6.07) is 1.74. The molecule has 1 aromatic carbocycles. The number of halogens is 7. The second-order valence-corrected chi connectivity index (χ2v) is 4.35. The Hall–Kier alpha value is -1.47. The normalized spacial score (nSPS) is 11.8. The Bertz CT molecular complexity index is 649. The molecule has 0 atom stereocenters. The van der Waals surface area contributed by atoms with Gasteiger partial charge in [-0.15, -0.1) is 0 Å². The Balaban J connectivity index is 2.72. The predicted molar refractivity (Wildman–Crippen MR) is 62.4 cm³/mol. The lowest BCUT2D eigenvalue weighted by molar-refractivity contribution is -0.137. The first kappa shape index (κ1) is 14.9. The van der Waals surface area contributed by atoms with Crippen LogP contribution in [0.4, 0.5) is 22.0 Å². The summed E-state index contributed by atoms with van der Waals surface area (Å²) in [4.78, 5) is 6.69. The molecule has 9 heteroatoms. The number of nitrogens with zero attached hydrogens (tertiary/aromatic N) is 2. The minimum atomic E-state index is -4.76. The highest BCUT2D eigenvalue weighted by molar-refractivity contribution is 6.33. The molecule has 1 heterocycles. The van der Waals surface area contributed by atoms with Gasteiger partial charge in [0.25, 0.3) is 0 Å². The van der Waals surface area contributed by atoms with Crippen LogP contribution in [0.5, 0.6) is 0 Å². The van der Waals surface area contributed by atoms with Crippen molar-refractivity contribution in [3.05, 3.63) is 45.7 Å². The van der Waals surface area contributed by atoms with E-state index >= 15 is 0 Å². The highest BCUT2D eigenvalue weighted by atomic mass is 35.5. The molecule has 0 fully saturated rings. The Labute approximate surface area is 119 Å². The van der Waals surface area contributed by atoms with Gasteiger partial charge < -0.3 is 0 Å². The first-order valence-electron chi connectivity index (χ1n) is 4.96. The zero-order chi connectivity index (χ0) is 15.1. The highest BCUT2D eigenvalue weighted by Crippen LogP contribution is 2.37. The third kappa shape index (κ3) is 2.83. The van der Waals surface area contributed by atoms with Crippen molar-refractivity contribution in [2.75, 3.05) is 0 Å². The van der Waals surface area contributed by atoms with Crippen LogP contribution < -0.4 is 0 Å². The van der Waals surface area contributed by atoms with E-state index in [1.54, 1.807) is 0 Å². The summed E-state index contributed by atoms with van der Waals surface area (Å²) in [6.45, 7) is 0. The van der Waals surface area contributed by atoms with E-state index in [0.717, 1.165) is 0 Å². The van der Waals surface area contributed by atoms with Gasteiger partial charge >= 0.3 is 6.18 Å². The highest BCUT2D eigenvalue weighted by Gasteiger charge is 2.35. The third-order valence-electron chi connectivity index (χ3n) is 2.30. The number of hydrogen-bond acceptors (Lipinski definition) is 2. The van der Waals surface area contributed by atoms with Crippen LogP contribution >= 0.6 is 23.2 Å². The van der Waals surface area contributed by atoms with Crippen molar-refractivity contribution >= 4 is 23.2 Å². The Morgan fingerprint density at radius 1 is 0.950 bits per heavy atom. The number of hydrogen-bond donors (Lipinski definition) is 0. The van der Waals surface area contributed by atoms with Crippen LogP contribution in [0.3, 0.4) is 0 Å². The number of aromatic nitrogens is 2. The molecule has 0 aliphatic rings. The average Bonchev–Trinajstić information content (AvgIpc) is 2.33. The van der Waals surface area contributed by atoms with E-state index in [4.69, 9.17) is 23.2 Å². The molecule has 0 aliphatic heterocycles. The molecule has 0 unspecified atom stereocenters. The molecular weight excluding hydrogens is 326 g/mol. The van der Waals surface area contributed by atoms with Crippen LogP contribution in [0.1, 0.15) is 5.56 Å². The van der Waals surface area contributed by atoms with Crippen molar-refractivity contribution in [1.82, 2.24) is 9.97 Å². The first-order valence-corrected chi connectivity index (χ1v) is 5.71. The van der Waals surface area contributed by atoms with Crippen LogP contribution in [0.2, 0.25) is 10.3 Å². The van der Waals surface area contributed by atoms with Gasteiger partial charge in [-0.3, -0.25) is 0 Å². The maximum Gasteiger partial charge on any atom is 0.417 e. The molecule has 2 nitrogen and oxygen atoms in total. The molecule has 2 rings (SSSR count). The average molecular weight is 329 g/mol. The SMILES string of the molecule is Fc1ccc(C(F)(F)F)c(-c2nc(Cl)c(F)c(Cl)n2)c1. The fourth-order valence-corrected chi connectivity index (χ4v) is 1.85. The smallest absolute Gasteiger partial charge is 0.213 e. The fourth-order valence-electron chi connectivity index (χ4n) is 1.46. The van der Waals surface area contributed by atoms with Crippen LogP contribution in [0.25, 0.3) is 11.4 Å². The Kier molecular flexibility index (Phi) is 3.84. The molecule has 0 saturated carbocycles. The molecule has 20 heavy (non-hydrogen) atoms. The van der Waals surface area contributed by atoms with Crippen molar-refractivity contribution in [3.8, 4) is 11.4 Å². The topological polar surface area (TPSA) is 25.8 Å². The second kappa shape index (κ2) is 5.14. The number of rotatable bonds is 1. The van der Waals surface area contributed by atoms with Gasteiger partial charge in [0.05, 0.1) is 5.56 Å². The van der Waals surface area contributed by atoms with E-state index in [1.807, 2.05) is 0 Å². The lowest BCUT2D eigenvalue weighted by Gasteiger charge is -2.12. The van der Waals surface area contributed by atoms with E-state index < -0.39 is 45.1 Å². The largest absolute Gasteiger partial charge is 0.417 e. The van der Waals surface area contributed by atoms with Crippen molar-refractivity contribution in [3.63, 3.8) is 0 Å². The summed E-state index contributed by atoms with van der Waals surface area (Å²) in [5, 5.41) is -1.50. The Morgan fingerprint density at radius 3 is 2.00 bits per heavy atom. The van der Waals surface area contributed by atoms with Gasteiger partial charge in [0.2, 0.25) is 0 Å². The van der Waals surface area contributed by atoms with Crippen molar-refractivity contribution in [1.29, 1.82) is 0 Å². The summed E-state index contributed by atoms with van der Waals surface area (Å²) in [5.41, 5.74) is -1.86. The Morgan fingerprint density at radius 2 is 1.50 bits per heavy atom. The second-order valence-electron chi connectivity index (χ2n) is 3.63. The minimum absolute atomic E-state index is 0.527. The summed E-state index contributed by atoms with van der Waals surface area (Å²) < 4.78 is 64.8. The van der Waals surface area contributed by atoms with Gasteiger partial charge in [0, 0.05) is 5.56 Å². The molecule has 2 aromatic rings. The summed E-state index contributed by atoms with van der Waals surface area (Å²) in [5.74, 6) is -2.72. The van der Waals surface area contributed by atoms with Crippen LogP contribution in [0, 0.1) is 11.6 Å². The zero-order valence-electron chi connectivity index (χ0n) is 9.27. The summed E-state index contributed by atoms with van der Waals surface area (Å²) in [7, 11) is 0. The van der Waals surface area contributed by atoms with Crippen LogP contribution in [-0.4, -0.2) is 9.97 Å². The monoisotopic (exact) mass is 328 g/mol. The van der Waals surface area contributed by atoms with Crippen LogP contribution in [-0.2, 0) is 6.18 Å². The molecule has 0 N–H and O–H groups in total. The van der Waals surface area contributed by atoms with Gasteiger partial charge in [-0.2, -0.15) is 13.2 Å². The van der Waals surface area contributed by atoms with Gasteiger partial charge in [0.15, 0.2) is 21.9 Å². The molecule has 106 valence electrons. The maximum absolute atomic E-state index is 13.2. The molecule has 0 spiro atoms. The molecule has 1 aromatic heterocycles. The lowest BCUT2D eigenvalue weighted by atomic mass is 10.1. The van der Waals surface area contributed by atoms with E-state index in [1.165, 1.54) is 0 Å². The zero-order valence-corrected chi connectivity index (χ0v) is 10.8. The number of alkyl halides is 3. The fraction of sp³-hybridized carbons (Fsp3) is 0.0909. The summed E-state index contributed by atoms with van der Waals surface area (Å²) in [6.07, 6.45) is -4.76. The molecule has 0 bridgehead atoms. The third-order valence-corrected chi connectivity index (χ3v) is 2.80. The molecule has 0 saturated heterocycles. The van der Waals surface area contributed by atoms with Gasteiger partial charge in [0.1, 0.15) is 5.82 Å². The van der Waals surface area contributed by atoms with Gasteiger partial charge in [-0.25, -0.2) is 18.7 Å². The van der Waals surface area contributed by atoms with Crippen molar-refractivity contribution < 1.29 is 22.0 Å². The van der Waals surface area contributed by atoms with Gasteiger partial charge in [-0.1, -0.05) is 23.2 Å². The standard InChI is InChI=1S/C11H3Cl2F5N2/c12-8-7(15)9(13)20-10(19-8)5-3-4(14)1-2-6(5)11(16,17)18/h1-3H.